The van der Waals surface area contributed by atoms with Gasteiger partial charge >= 0.3 is 6.03 Å². The molecule has 0 radical (unpaired) electrons. The molecule has 8 heteroatoms. The molecule has 0 atom stereocenters. The summed E-state index contributed by atoms with van der Waals surface area (Å²) in [6.07, 6.45) is 4.00. The first-order valence-corrected chi connectivity index (χ1v) is 9.81. The van der Waals surface area contributed by atoms with Gasteiger partial charge in [0.25, 0.3) is 0 Å². The fourth-order valence-electron chi connectivity index (χ4n) is 3.30. The van der Waals surface area contributed by atoms with Gasteiger partial charge in [-0.25, -0.2) is 4.79 Å². The summed E-state index contributed by atoms with van der Waals surface area (Å²) in [5.74, 6) is 0. The van der Waals surface area contributed by atoms with Gasteiger partial charge in [-0.3, -0.25) is 9.67 Å². The number of para-hydroxylation sites is 1. The number of hydrogen-bond donors (Lipinski definition) is 3. The predicted octanol–water partition coefficient (Wildman–Crippen LogP) is 4.14. The van der Waals surface area contributed by atoms with Crippen LogP contribution in [0.25, 0.3) is 11.0 Å². The average Bonchev–Trinajstić information content (AvgIpc) is 3.17. The molecule has 31 heavy (non-hydrogen) atoms. The van der Waals surface area contributed by atoms with E-state index in [2.05, 4.69) is 32.1 Å². The topological polar surface area (TPSA) is 108 Å². The maximum absolute atomic E-state index is 12.1. The lowest BCUT2D eigenvalue weighted by Gasteiger charge is -2.11. The highest BCUT2D eigenvalue weighted by Gasteiger charge is 2.12. The van der Waals surface area contributed by atoms with Crippen molar-refractivity contribution < 1.29 is 4.79 Å². The van der Waals surface area contributed by atoms with Crippen LogP contribution in [0.1, 0.15) is 11.1 Å². The van der Waals surface area contributed by atoms with Crippen molar-refractivity contribution in [3.05, 3.63) is 78.1 Å². The van der Waals surface area contributed by atoms with Crippen molar-refractivity contribution in [2.75, 3.05) is 22.5 Å². The van der Waals surface area contributed by atoms with Gasteiger partial charge in [0, 0.05) is 31.2 Å². The van der Waals surface area contributed by atoms with E-state index in [0.717, 1.165) is 34.4 Å². The van der Waals surface area contributed by atoms with Crippen LogP contribution in [0.5, 0.6) is 0 Å². The van der Waals surface area contributed by atoms with Crippen molar-refractivity contribution in [1.29, 1.82) is 5.26 Å². The summed E-state index contributed by atoms with van der Waals surface area (Å²) < 4.78 is 1.71. The molecule has 154 valence electrons. The van der Waals surface area contributed by atoms with E-state index < -0.39 is 0 Å². The van der Waals surface area contributed by atoms with Crippen molar-refractivity contribution in [3.63, 3.8) is 0 Å². The summed E-state index contributed by atoms with van der Waals surface area (Å²) in [5, 5.41) is 22.6. The second-order valence-electron chi connectivity index (χ2n) is 6.98. The van der Waals surface area contributed by atoms with E-state index in [1.807, 2.05) is 61.6 Å². The van der Waals surface area contributed by atoms with Crippen molar-refractivity contribution in [3.8, 4) is 6.07 Å². The van der Waals surface area contributed by atoms with E-state index >= 15 is 0 Å². The molecule has 0 aliphatic rings. The highest BCUT2D eigenvalue weighted by molar-refractivity contribution is 5.99. The van der Waals surface area contributed by atoms with Gasteiger partial charge in [-0.05, 0) is 36.2 Å². The number of amides is 2. The van der Waals surface area contributed by atoms with E-state index in [1.165, 1.54) is 0 Å². The maximum Gasteiger partial charge on any atom is 0.323 e. The smallest absolute Gasteiger partial charge is 0.323 e. The molecule has 0 unspecified atom stereocenters. The number of carbonyl (C=O) groups is 1. The number of nitriles is 1. The lowest BCUT2D eigenvalue weighted by atomic mass is 10.1. The van der Waals surface area contributed by atoms with Gasteiger partial charge < -0.3 is 16.0 Å². The van der Waals surface area contributed by atoms with Crippen LogP contribution in [-0.2, 0) is 13.5 Å². The number of benzene rings is 2. The second kappa shape index (κ2) is 8.97. The van der Waals surface area contributed by atoms with Crippen molar-refractivity contribution >= 4 is 34.1 Å². The van der Waals surface area contributed by atoms with Gasteiger partial charge in [0.2, 0.25) is 0 Å². The van der Waals surface area contributed by atoms with Gasteiger partial charge in [-0.1, -0.05) is 30.3 Å². The Bertz CT molecular complexity index is 1240. The number of nitrogens with one attached hydrogen (secondary N) is 3. The molecule has 2 aromatic carbocycles. The molecule has 0 bridgehead atoms. The SMILES string of the molecule is Cn1ncc2ncc(C#N)c(NCCc3ccc(NC(=O)Nc4ccccc4)cc3)c21. The molecule has 0 saturated heterocycles. The molecule has 0 saturated carbocycles. The number of aromatic nitrogens is 3. The van der Waals surface area contributed by atoms with E-state index in [9.17, 15) is 10.1 Å². The molecule has 8 nitrogen and oxygen atoms in total. The second-order valence-corrected chi connectivity index (χ2v) is 6.98. The van der Waals surface area contributed by atoms with E-state index in [1.54, 1.807) is 17.1 Å². The third-order valence-electron chi connectivity index (χ3n) is 4.84. The third-order valence-corrected chi connectivity index (χ3v) is 4.84. The summed E-state index contributed by atoms with van der Waals surface area (Å²) in [6, 6.07) is 18.8. The highest BCUT2D eigenvalue weighted by atomic mass is 16.2. The van der Waals surface area contributed by atoms with Gasteiger partial charge in [0.15, 0.2) is 0 Å². The Labute approximate surface area is 179 Å². The minimum Gasteiger partial charge on any atom is -0.382 e. The lowest BCUT2D eigenvalue weighted by molar-refractivity contribution is 0.262. The number of rotatable bonds is 6. The molecule has 2 aromatic heterocycles. The molecule has 4 aromatic rings. The van der Waals surface area contributed by atoms with Crippen LogP contribution in [0.3, 0.4) is 0 Å². The third kappa shape index (κ3) is 4.62. The number of hydrogen-bond acceptors (Lipinski definition) is 5. The number of aryl methyl sites for hydroxylation is 1. The Morgan fingerprint density at radius 1 is 1.03 bits per heavy atom. The van der Waals surface area contributed by atoms with Crippen LogP contribution in [0.15, 0.2) is 67.0 Å². The Morgan fingerprint density at radius 2 is 1.74 bits per heavy atom. The monoisotopic (exact) mass is 411 g/mol. The van der Waals surface area contributed by atoms with Crippen molar-refractivity contribution in [2.45, 2.75) is 6.42 Å². The summed E-state index contributed by atoms with van der Waals surface area (Å²) in [4.78, 5) is 16.4. The number of fused-ring (bicyclic) bond motifs is 1. The fourth-order valence-corrected chi connectivity index (χ4v) is 3.30. The molecule has 0 spiro atoms. The van der Waals surface area contributed by atoms with E-state index in [0.29, 0.717) is 17.8 Å². The Balaban J connectivity index is 1.35. The van der Waals surface area contributed by atoms with Crippen LogP contribution in [-0.4, -0.2) is 27.3 Å². The first kappa shape index (κ1) is 19.9. The van der Waals surface area contributed by atoms with Crippen LogP contribution < -0.4 is 16.0 Å². The molecule has 2 heterocycles. The van der Waals surface area contributed by atoms with Crippen LogP contribution >= 0.6 is 0 Å². The largest absolute Gasteiger partial charge is 0.382 e. The molecule has 0 fully saturated rings. The Hall–Kier alpha value is -4.38. The molecular weight excluding hydrogens is 390 g/mol. The average molecular weight is 411 g/mol. The van der Waals surface area contributed by atoms with Crippen LogP contribution in [0.4, 0.5) is 21.9 Å². The van der Waals surface area contributed by atoms with Gasteiger partial charge in [-0.2, -0.15) is 10.4 Å². The number of anilines is 3. The molecule has 3 N–H and O–H groups in total. The summed E-state index contributed by atoms with van der Waals surface area (Å²) in [7, 11) is 1.83. The fraction of sp³-hybridized carbons (Fsp3) is 0.130. The zero-order valence-electron chi connectivity index (χ0n) is 17.0. The minimum atomic E-state index is -0.289. The summed E-state index contributed by atoms with van der Waals surface area (Å²) in [5.41, 5.74) is 5.33. The predicted molar refractivity (Wildman–Crippen MR) is 121 cm³/mol. The summed E-state index contributed by atoms with van der Waals surface area (Å²) in [6.45, 7) is 0.639. The Morgan fingerprint density at radius 3 is 2.45 bits per heavy atom. The minimum absolute atomic E-state index is 0.289. The lowest BCUT2D eigenvalue weighted by Crippen LogP contribution is -2.19. The van der Waals surface area contributed by atoms with Gasteiger partial charge in [-0.15, -0.1) is 0 Å². The quantitative estimate of drug-likeness (QED) is 0.442. The standard InChI is InChI=1S/C23H21N7O/c1-30-22-20(15-27-30)26-14-17(13-24)21(22)25-12-11-16-7-9-19(10-8-16)29-23(31)28-18-5-3-2-4-6-18/h2-10,14-15H,11-12H2,1H3,(H,25,26)(H2,28,29,31). The first-order chi connectivity index (χ1) is 15.1. The molecule has 4 rings (SSSR count). The number of urea groups is 1. The normalized spacial score (nSPS) is 10.5. The highest BCUT2D eigenvalue weighted by Crippen LogP contribution is 2.25. The van der Waals surface area contributed by atoms with Crippen LogP contribution in [0, 0.1) is 11.3 Å². The molecule has 0 aliphatic carbocycles. The molecular formula is C23H21N7O. The van der Waals surface area contributed by atoms with Crippen molar-refractivity contribution in [2.24, 2.45) is 7.05 Å². The van der Waals surface area contributed by atoms with Gasteiger partial charge in [0.1, 0.15) is 17.1 Å². The van der Waals surface area contributed by atoms with Crippen LogP contribution in [0.2, 0.25) is 0 Å². The molecule has 0 aliphatic heterocycles. The first-order valence-electron chi connectivity index (χ1n) is 9.81. The van der Waals surface area contributed by atoms with E-state index in [-0.39, 0.29) is 6.03 Å². The zero-order chi connectivity index (χ0) is 21.6. The Kier molecular flexibility index (Phi) is 5.76. The number of carbonyl (C=O) groups excluding carboxylic acids is 1. The van der Waals surface area contributed by atoms with E-state index in [4.69, 9.17) is 0 Å². The number of nitrogens with zero attached hydrogens (tertiary/aromatic N) is 4. The molecule has 2 amide bonds. The number of pyridine rings is 1. The van der Waals surface area contributed by atoms with Gasteiger partial charge in [0.05, 0.1) is 17.4 Å². The maximum atomic E-state index is 12.1. The summed E-state index contributed by atoms with van der Waals surface area (Å²) >= 11 is 0. The van der Waals surface area contributed by atoms with Crippen molar-refractivity contribution in [1.82, 2.24) is 14.8 Å². The zero-order valence-corrected chi connectivity index (χ0v) is 17.0.